The number of hydrogen-bond donors (Lipinski definition) is 2. The topological polar surface area (TPSA) is 75.1 Å². The molecule has 0 fully saturated rings. The average Bonchev–Trinajstić information content (AvgIpc) is 2.49. The van der Waals surface area contributed by atoms with E-state index in [4.69, 9.17) is 5.11 Å². The summed E-state index contributed by atoms with van der Waals surface area (Å²) in [5.74, 6) is -0.402. The van der Waals surface area contributed by atoms with Crippen molar-refractivity contribution in [2.24, 2.45) is 0 Å². The second-order valence-electron chi connectivity index (χ2n) is 4.41. The lowest BCUT2D eigenvalue weighted by atomic mass is 10.1. The predicted molar refractivity (Wildman–Crippen MR) is 83.9 cm³/mol. The molecule has 0 bridgehead atoms. The molecule has 0 aliphatic heterocycles. The largest absolute Gasteiger partial charge is 0.478 e. The second kappa shape index (κ2) is 5.49. The van der Waals surface area contributed by atoms with Crippen LogP contribution in [0.2, 0.25) is 0 Å². The van der Waals surface area contributed by atoms with Gasteiger partial charge in [0, 0.05) is 20.9 Å². The number of carbonyl (C=O) groups is 1. The highest BCUT2D eigenvalue weighted by atomic mass is 79.9. The van der Waals surface area contributed by atoms with Gasteiger partial charge < -0.3 is 10.4 Å². The Morgan fingerprint density at radius 1 is 1.19 bits per heavy atom. The van der Waals surface area contributed by atoms with Crippen LogP contribution >= 0.6 is 15.9 Å². The van der Waals surface area contributed by atoms with E-state index in [0.717, 1.165) is 10.8 Å². The van der Waals surface area contributed by atoms with Crippen molar-refractivity contribution < 1.29 is 9.90 Å². The molecule has 0 saturated carbocycles. The minimum Gasteiger partial charge on any atom is -0.478 e. The van der Waals surface area contributed by atoms with Crippen LogP contribution in [0.5, 0.6) is 0 Å². The Morgan fingerprint density at radius 2 is 2.00 bits per heavy atom. The summed E-state index contributed by atoms with van der Waals surface area (Å²) in [6, 6.07) is 12.7. The van der Waals surface area contributed by atoms with E-state index in [-0.39, 0.29) is 5.56 Å². The molecular weight excluding hydrogens is 334 g/mol. The summed E-state index contributed by atoms with van der Waals surface area (Å²) >= 11 is 3.22. The summed E-state index contributed by atoms with van der Waals surface area (Å²) < 4.78 is 0.532. The zero-order valence-electron chi connectivity index (χ0n) is 10.7. The van der Waals surface area contributed by atoms with Crippen molar-refractivity contribution in [3.63, 3.8) is 0 Å². The van der Waals surface area contributed by atoms with Gasteiger partial charge in [0.1, 0.15) is 0 Å². The Morgan fingerprint density at radius 3 is 2.81 bits per heavy atom. The predicted octanol–water partition coefficient (Wildman–Crippen LogP) is 3.83. The average molecular weight is 344 g/mol. The number of benzene rings is 2. The van der Waals surface area contributed by atoms with E-state index in [2.05, 4.69) is 31.4 Å². The third-order valence-corrected chi connectivity index (χ3v) is 3.72. The van der Waals surface area contributed by atoms with Crippen molar-refractivity contribution in [1.29, 1.82) is 0 Å². The molecule has 1 aromatic heterocycles. The number of hydrogen-bond acceptors (Lipinski definition) is 4. The van der Waals surface area contributed by atoms with Crippen molar-refractivity contribution in [2.75, 3.05) is 5.32 Å². The molecule has 0 unspecified atom stereocenters. The summed E-state index contributed by atoms with van der Waals surface area (Å²) in [4.78, 5) is 11.2. The molecule has 1 heterocycles. The van der Waals surface area contributed by atoms with Crippen LogP contribution in [0.15, 0.2) is 53.1 Å². The number of halogens is 1. The van der Waals surface area contributed by atoms with Crippen LogP contribution in [0.1, 0.15) is 10.4 Å². The van der Waals surface area contributed by atoms with Crippen molar-refractivity contribution in [3.05, 3.63) is 58.7 Å². The number of rotatable bonds is 3. The Bertz CT molecular complexity index is 831. The van der Waals surface area contributed by atoms with E-state index < -0.39 is 5.97 Å². The normalized spacial score (nSPS) is 10.5. The molecule has 21 heavy (non-hydrogen) atoms. The first kappa shape index (κ1) is 13.5. The number of fused-ring (bicyclic) bond motifs is 1. The molecule has 2 N–H and O–H groups in total. The smallest absolute Gasteiger partial charge is 0.336 e. The maximum Gasteiger partial charge on any atom is 0.336 e. The van der Waals surface area contributed by atoms with Crippen molar-refractivity contribution in [3.8, 4) is 0 Å². The monoisotopic (exact) mass is 343 g/mol. The minimum atomic E-state index is -0.991. The summed E-state index contributed by atoms with van der Waals surface area (Å²) in [6.07, 6.45) is 1.69. The lowest BCUT2D eigenvalue weighted by molar-refractivity contribution is 0.0696. The molecule has 2 aromatic carbocycles. The first-order valence-electron chi connectivity index (χ1n) is 6.15. The van der Waals surface area contributed by atoms with Gasteiger partial charge in [-0.3, -0.25) is 0 Å². The van der Waals surface area contributed by atoms with Crippen LogP contribution in [-0.4, -0.2) is 21.3 Å². The van der Waals surface area contributed by atoms with Crippen LogP contribution in [0.4, 0.5) is 11.5 Å². The third-order valence-electron chi connectivity index (χ3n) is 3.03. The first-order chi connectivity index (χ1) is 10.1. The lowest BCUT2D eigenvalue weighted by Gasteiger charge is -2.09. The van der Waals surface area contributed by atoms with Gasteiger partial charge in [0.05, 0.1) is 11.8 Å². The quantitative estimate of drug-likeness (QED) is 0.755. The van der Waals surface area contributed by atoms with Gasteiger partial charge in [0.25, 0.3) is 0 Å². The van der Waals surface area contributed by atoms with Gasteiger partial charge in [-0.2, -0.15) is 5.10 Å². The molecule has 6 heteroatoms. The highest BCUT2D eigenvalue weighted by molar-refractivity contribution is 9.10. The Balaban J connectivity index is 2.03. The van der Waals surface area contributed by atoms with Gasteiger partial charge >= 0.3 is 5.97 Å². The number of carboxylic acids is 1. The minimum absolute atomic E-state index is 0.188. The number of aromatic nitrogens is 2. The van der Waals surface area contributed by atoms with E-state index in [1.165, 1.54) is 0 Å². The van der Waals surface area contributed by atoms with Gasteiger partial charge in [-0.05, 0) is 34.1 Å². The van der Waals surface area contributed by atoms with Crippen molar-refractivity contribution >= 4 is 44.2 Å². The number of anilines is 2. The van der Waals surface area contributed by atoms with E-state index >= 15 is 0 Å². The Kier molecular flexibility index (Phi) is 3.53. The van der Waals surface area contributed by atoms with Crippen LogP contribution in [0, 0.1) is 0 Å². The fraction of sp³-hybridized carbons (Fsp3) is 0. The molecular formula is C15H10BrN3O2. The zero-order chi connectivity index (χ0) is 14.8. The number of aromatic carboxylic acids is 1. The molecule has 0 atom stereocenters. The summed E-state index contributed by atoms with van der Waals surface area (Å²) in [5.41, 5.74) is 0.828. The summed E-state index contributed by atoms with van der Waals surface area (Å²) in [7, 11) is 0. The standard InChI is InChI=1S/C15H10BrN3O2/c16-13-6-5-10(7-12(13)15(20)21)18-14-11-4-2-1-3-9(11)8-17-19-14/h1-8H,(H,18,19)(H,20,21). The molecule has 104 valence electrons. The molecule has 0 aliphatic carbocycles. The highest BCUT2D eigenvalue weighted by Gasteiger charge is 2.10. The second-order valence-corrected chi connectivity index (χ2v) is 5.26. The first-order valence-corrected chi connectivity index (χ1v) is 6.95. The fourth-order valence-corrected chi connectivity index (χ4v) is 2.44. The Labute approximate surface area is 128 Å². The van der Waals surface area contributed by atoms with E-state index in [1.807, 2.05) is 24.3 Å². The molecule has 3 aromatic rings. The van der Waals surface area contributed by atoms with Crippen LogP contribution in [0.25, 0.3) is 10.8 Å². The van der Waals surface area contributed by atoms with Gasteiger partial charge in [0.2, 0.25) is 0 Å². The van der Waals surface area contributed by atoms with Gasteiger partial charge in [-0.1, -0.05) is 24.3 Å². The number of nitrogens with one attached hydrogen (secondary N) is 1. The van der Waals surface area contributed by atoms with Crippen LogP contribution < -0.4 is 5.32 Å². The van der Waals surface area contributed by atoms with Crippen LogP contribution in [-0.2, 0) is 0 Å². The molecule has 0 saturated heterocycles. The highest BCUT2D eigenvalue weighted by Crippen LogP contribution is 2.26. The number of carboxylic acid groups (broad SMARTS) is 1. The molecule has 5 nitrogen and oxygen atoms in total. The van der Waals surface area contributed by atoms with Gasteiger partial charge in [-0.15, -0.1) is 5.10 Å². The number of nitrogens with zero attached hydrogens (tertiary/aromatic N) is 2. The molecule has 3 rings (SSSR count). The summed E-state index contributed by atoms with van der Waals surface area (Å²) in [6.45, 7) is 0. The molecule has 0 radical (unpaired) electrons. The lowest BCUT2D eigenvalue weighted by Crippen LogP contribution is -2.01. The maximum absolute atomic E-state index is 11.2. The van der Waals surface area contributed by atoms with Gasteiger partial charge in [0.15, 0.2) is 5.82 Å². The molecule has 0 spiro atoms. The van der Waals surface area contributed by atoms with E-state index in [1.54, 1.807) is 24.4 Å². The fourth-order valence-electron chi connectivity index (χ4n) is 2.02. The van der Waals surface area contributed by atoms with E-state index in [9.17, 15) is 4.79 Å². The van der Waals surface area contributed by atoms with Crippen LogP contribution in [0.3, 0.4) is 0 Å². The van der Waals surface area contributed by atoms with Gasteiger partial charge in [-0.25, -0.2) is 4.79 Å². The third kappa shape index (κ3) is 2.71. The Hall–Kier alpha value is -2.47. The SMILES string of the molecule is O=C(O)c1cc(Nc2nncc3ccccc23)ccc1Br. The molecule has 0 aliphatic rings. The van der Waals surface area contributed by atoms with Crippen molar-refractivity contribution in [2.45, 2.75) is 0 Å². The summed E-state index contributed by atoms with van der Waals surface area (Å²) in [5, 5.41) is 22.2. The molecule has 0 amide bonds. The van der Waals surface area contributed by atoms with Crippen molar-refractivity contribution in [1.82, 2.24) is 10.2 Å². The zero-order valence-corrected chi connectivity index (χ0v) is 12.3. The maximum atomic E-state index is 11.2. The van der Waals surface area contributed by atoms with E-state index in [0.29, 0.717) is 16.0 Å².